The molecule has 2 aromatic rings. The predicted octanol–water partition coefficient (Wildman–Crippen LogP) is 1.03. The average Bonchev–Trinajstić information content (AvgIpc) is 2.40. The Bertz CT molecular complexity index is 701. The number of benzene rings is 1. The van der Waals surface area contributed by atoms with Crippen molar-refractivity contribution in [3.63, 3.8) is 0 Å². The lowest BCUT2D eigenvalue weighted by Gasteiger charge is -2.23. The van der Waals surface area contributed by atoms with Gasteiger partial charge in [0.1, 0.15) is 11.6 Å². The summed E-state index contributed by atoms with van der Waals surface area (Å²) in [7, 11) is 0. The quantitative estimate of drug-likeness (QED) is 0.713. The molecule has 0 aliphatic carbocycles. The summed E-state index contributed by atoms with van der Waals surface area (Å²) in [6, 6.07) is 5.37. The predicted molar refractivity (Wildman–Crippen MR) is 75.0 cm³/mol. The Morgan fingerprint density at radius 3 is 2.90 bits per heavy atom. The van der Waals surface area contributed by atoms with Gasteiger partial charge >= 0.3 is 0 Å². The molecule has 1 amide bonds. The lowest BCUT2D eigenvalue weighted by atomic mass is 10.1. The van der Waals surface area contributed by atoms with E-state index in [1.54, 1.807) is 25.3 Å². The molecule has 0 saturated carbocycles. The molecule has 2 heterocycles. The van der Waals surface area contributed by atoms with E-state index in [0.717, 1.165) is 5.56 Å². The first-order valence-corrected chi connectivity index (χ1v) is 6.04. The number of amides is 1. The van der Waals surface area contributed by atoms with Gasteiger partial charge in [-0.2, -0.15) is 4.98 Å². The maximum atomic E-state index is 11.6. The average molecular weight is 271 g/mol. The molecule has 1 atom stereocenters. The zero-order chi connectivity index (χ0) is 14.3. The fraction of sp³-hybridized carbons (Fsp3) is 0.154. The number of hydrogen-bond acceptors (Lipinski definition) is 6. The number of rotatable bonds is 1. The topological polar surface area (TPSA) is 116 Å². The number of ether oxygens (including phenoxy) is 1. The lowest BCUT2D eigenvalue weighted by Crippen LogP contribution is -2.34. The molecule has 1 aliphatic heterocycles. The molecule has 0 bridgehead atoms. The van der Waals surface area contributed by atoms with Crippen LogP contribution in [0.4, 0.5) is 17.5 Å². The van der Waals surface area contributed by atoms with Crippen molar-refractivity contribution in [1.29, 1.82) is 0 Å². The highest BCUT2D eigenvalue weighted by Gasteiger charge is 2.23. The van der Waals surface area contributed by atoms with E-state index in [1.165, 1.54) is 0 Å². The molecule has 0 saturated heterocycles. The highest BCUT2D eigenvalue weighted by atomic mass is 16.5. The van der Waals surface area contributed by atoms with Crippen LogP contribution in [0.25, 0.3) is 11.1 Å². The third-order valence-electron chi connectivity index (χ3n) is 3.06. The van der Waals surface area contributed by atoms with Gasteiger partial charge < -0.3 is 21.5 Å². The van der Waals surface area contributed by atoms with Crippen molar-refractivity contribution in [2.75, 3.05) is 16.8 Å². The molecule has 1 unspecified atom stereocenters. The minimum Gasteiger partial charge on any atom is -0.479 e. The molecule has 5 N–H and O–H groups in total. The van der Waals surface area contributed by atoms with Crippen LogP contribution in [0.1, 0.15) is 6.92 Å². The fourth-order valence-electron chi connectivity index (χ4n) is 2.01. The van der Waals surface area contributed by atoms with E-state index in [0.29, 0.717) is 17.0 Å². The zero-order valence-corrected chi connectivity index (χ0v) is 10.8. The Balaban J connectivity index is 2.04. The van der Waals surface area contributed by atoms with E-state index >= 15 is 0 Å². The van der Waals surface area contributed by atoms with Crippen LogP contribution in [0.2, 0.25) is 0 Å². The summed E-state index contributed by atoms with van der Waals surface area (Å²) in [5, 5.41) is 2.78. The van der Waals surface area contributed by atoms with Gasteiger partial charge in [-0.15, -0.1) is 0 Å². The number of carbonyl (C=O) groups is 1. The Labute approximate surface area is 115 Å². The number of nitrogens with zero attached hydrogens (tertiary/aromatic N) is 2. The third-order valence-corrected chi connectivity index (χ3v) is 3.06. The summed E-state index contributed by atoms with van der Waals surface area (Å²) < 4.78 is 5.49. The minimum absolute atomic E-state index is 0.120. The van der Waals surface area contributed by atoms with Gasteiger partial charge in [0, 0.05) is 11.8 Å². The van der Waals surface area contributed by atoms with Crippen LogP contribution < -0.4 is 21.5 Å². The second-order valence-electron chi connectivity index (χ2n) is 4.49. The Hall–Kier alpha value is -2.83. The molecule has 3 rings (SSSR count). The molecule has 1 aromatic heterocycles. The molecular formula is C13H13N5O2. The Morgan fingerprint density at radius 2 is 2.15 bits per heavy atom. The molecule has 0 radical (unpaired) electrons. The first kappa shape index (κ1) is 12.2. The number of nitrogens with one attached hydrogen (secondary N) is 1. The summed E-state index contributed by atoms with van der Waals surface area (Å²) in [6.45, 7) is 1.69. The van der Waals surface area contributed by atoms with Gasteiger partial charge in [0.25, 0.3) is 5.91 Å². The number of hydrogen-bond donors (Lipinski definition) is 3. The largest absolute Gasteiger partial charge is 0.479 e. The molecule has 1 aromatic carbocycles. The highest BCUT2D eigenvalue weighted by Crippen LogP contribution is 2.35. The number of nitrogen functional groups attached to an aromatic ring is 2. The number of nitrogens with two attached hydrogens (primary N) is 2. The van der Waals surface area contributed by atoms with Crippen molar-refractivity contribution in [3.05, 3.63) is 24.4 Å². The smallest absolute Gasteiger partial charge is 0.265 e. The van der Waals surface area contributed by atoms with E-state index in [2.05, 4.69) is 15.3 Å². The Morgan fingerprint density at radius 1 is 1.35 bits per heavy atom. The number of fused-ring (bicyclic) bond motifs is 1. The summed E-state index contributed by atoms with van der Waals surface area (Å²) >= 11 is 0. The summed E-state index contributed by atoms with van der Waals surface area (Å²) in [5.41, 5.74) is 13.3. The lowest BCUT2D eigenvalue weighted by molar-refractivity contribution is -0.122. The van der Waals surface area contributed by atoms with Crippen molar-refractivity contribution in [1.82, 2.24) is 9.97 Å². The standard InChI is InChI=1S/C13H13N5O2/c1-6-12(19)17-9-4-7(2-3-10(9)20-6)8-5-16-13(15)18-11(8)14/h2-6H,1H3,(H,17,19)(H4,14,15,16,18). The maximum absolute atomic E-state index is 11.6. The van der Waals surface area contributed by atoms with Crippen LogP contribution in [-0.2, 0) is 4.79 Å². The second kappa shape index (κ2) is 4.37. The van der Waals surface area contributed by atoms with Crippen LogP contribution in [-0.4, -0.2) is 22.0 Å². The van der Waals surface area contributed by atoms with Gasteiger partial charge in [0.2, 0.25) is 5.95 Å². The zero-order valence-electron chi connectivity index (χ0n) is 10.8. The van der Waals surface area contributed by atoms with Gasteiger partial charge in [-0.3, -0.25) is 4.79 Å². The minimum atomic E-state index is -0.502. The van der Waals surface area contributed by atoms with Crippen molar-refractivity contribution in [2.45, 2.75) is 13.0 Å². The van der Waals surface area contributed by atoms with Crippen molar-refractivity contribution in [2.24, 2.45) is 0 Å². The van der Waals surface area contributed by atoms with Gasteiger partial charge in [-0.25, -0.2) is 4.98 Å². The van der Waals surface area contributed by atoms with Crippen LogP contribution in [0.5, 0.6) is 5.75 Å². The second-order valence-corrected chi connectivity index (χ2v) is 4.49. The van der Waals surface area contributed by atoms with Crippen LogP contribution in [0.3, 0.4) is 0 Å². The van der Waals surface area contributed by atoms with Crippen LogP contribution >= 0.6 is 0 Å². The normalized spacial score (nSPS) is 17.1. The van der Waals surface area contributed by atoms with Gasteiger partial charge in [-0.05, 0) is 24.6 Å². The molecule has 1 aliphatic rings. The van der Waals surface area contributed by atoms with E-state index < -0.39 is 6.10 Å². The number of carbonyl (C=O) groups excluding carboxylic acids is 1. The SMILES string of the molecule is CC1Oc2ccc(-c3cnc(N)nc3N)cc2NC1=O. The molecule has 0 fully saturated rings. The van der Waals surface area contributed by atoms with Gasteiger partial charge in [-0.1, -0.05) is 6.07 Å². The summed E-state index contributed by atoms with van der Waals surface area (Å²) in [5.74, 6) is 0.843. The number of aromatic nitrogens is 2. The molecular weight excluding hydrogens is 258 g/mol. The Kier molecular flexibility index (Phi) is 2.67. The fourth-order valence-corrected chi connectivity index (χ4v) is 2.01. The molecule has 0 spiro atoms. The molecule has 102 valence electrons. The molecule has 7 heteroatoms. The van der Waals surface area contributed by atoms with Gasteiger partial charge in [0.15, 0.2) is 6.10 Å². The summed E-state index contributed by atoms with van der Waals surface area (Å²) in [4.78, 5) is 19.5. The molecule has 20 heavy (non-hydrogen) atoms. The van der Waals surface area contributed by atoms with Crippen molar-refractivity contribution < 1.29 is 9.53 Å². The van der Waals surface area contributed by atoms with Crippen molar-refractivity contribution >= 4 is 23.4 Å². The highest BCUT2D eigenvalue weighted by molar-refractivity contribution is 5.98. The van der Waals surface area contributed by atoms with Crippen molar-refractivity contribution in [3.8, 4) is 16.9 Å². The van der Waals surface area contributed by atoms with E-state index in [-0.39, 0.29) is 17.7 Å². The third kappa shape index (κ3) is 1.99. The van der Waals surface area contributed by atoms with Gasteiger partial charge in [0.05, 0.1) is 5.69 Å². The van der Waals surface area contributed by atoms with E-state index in [4.69, 9.17) is 16.2 Å². The van der Waals surface area contributed by atoms with Crippen LogP contribution in [0, 0.1) is 0 Å². The van der Waals surface area contributed by atoms with E-state index in [1.807, 2.05) is 6.07 Å². The first-order valence-electron chi connectivity index (χ1n) is 6.04. The maximum Gasteiger partial charge on any atom is 0.265 e. The monoisotopic (exact) mass is 271 g/mol. The summed E-state index contributed by atoms with van der Waals surface area (Å²) in [6.07, 6.45) is 1.05. The molecule has 7 nitrogen and oxygen atoms in total. The van der Waals surface area contributed by atoms with Crippen LogP contribution in [0.15, 0.2) is 24.4 Å². The first-order chi connectivity index (χ1) is 9.54. The van der Waals surface area contributed by atoms with E-state index in [9.17, 15) is 4.79 Å². The number of anilines is 3.